The highest BCUT2D eigenvalue weighted by molar-refractivity contribution is 6.30. The molecule has 0 bridgehead atoms. The van der Waals surface area contributed by atoms with Gasteiger partial charge < -0.3 is 16.0 Å². The predicted octanol–water partition coefficient (Wildman–Crippen LogP) is 3.68. The Labute approximate surface area is 180 Å². The average Bonchev–Trinajstić information content (AvgIpc) is 2.71. The first-order valence-corrected chi connectivity index (χ1v) is 9.71. The van der Waals surface area contributed by atoms with Crippen LogP contribution in [0.4, 0.5) is 27.5 Å². The van der Waals surface area contributed by atoms with E-state index in [1.54, 1.807) is 37.3 Å². The lowest BCUT2D eigenvalue weighted by molar-refractivity contribution is -0.123. The Morgan fingerprint density at radius 2 is 1.94 bits per heavy atom. The second-order valence-electron chi connectivity index (χ2n) is 7.09. The number of aromatic nitrogens is 2. The second kappa shape index (κ2) is 8.19. The molecule has 2 heterocycles. The van der Waals surface area contributed by atoms with Gasteiger partial charge in [-0.3, -0.25) is 19.4 Å². The number of aryl methyl sites for hydroxylation is 1. The largest absolute Gasteiger partial charge is 0.326 e. The van der Waals surface area contributed by atoms with E-state index in [0.29, 0.717) is 16.3 Å². The molecule has 0 saturated carbocycles. The number of hydrogen-bond donors (Lipinski definition) is 4. The second-order valence-corrected chi connectivity index (χ2v) is 7.52. The normalized spacial score (nSPS) is 15.1. The Morgan fingerprint density at radius 1 is 1.19 bits per heavy atom. The number of amides is 2. The van der Waals surface area contributed by atoms with Crippen LogP contribution >= 0.6 is 11.6 Å². The van der Waals surface area contributed by atoms with Crippen molar-refractivity contribution < 1.29 is 14.0 Å². The third kappa shape index (κ3) is 4.41. The quantitative estimate of drug-likeness (QED) is 0.493. The third-order valence-corrected chi connectivity index (χ3v) is 5.01. The Balaban J connectivity index is 1.64. The van der Waals surface area contributed by atoms with E-state index >= 15 is 0 Å². The van der Waals surface area contributed by atoms with Gasteiger partial charge in [0.25, 0.3) is 5.56 Å². The fraction of sp³-hybridized carbons (Fsp3) is 0.143. The van der Waals surface area contributed by atoms with Gasteiger partial charge in [0.1, 0.15) is 11.6 Å². The summed E-state index contributed by atoms with van der Waals surface area (Å²) in [4.78, 5) is 44.5. The number of benzene rings is 2. The number of hydrogen-bond acceptors (Lipinski definition) is 5. The van der Waals surface area contributed by atoms with E-state index in [4.69, 9.17) is 11.6 Å². The molecule has 0 fully saturated rings. The van der Waals surface area contributed by atoms with Crippen molar-refractivity contribution in [1.29, 1.82) is 0 Å². The molecule has 31 heavy (non-hydrogen) atoms. The number of H-pyrrole nitrogens is 1. The molecule has 158 valence electrons. The van der Waals surface area contributed by atoms with Crippen molar-refractivity contribution in [2.24, 2.45) is 0 Å². The van der Waals surface area contributed by atoms with Crippen LogP contribution < -0.4 is 21.5 Å². The van der Waals surface area contributed by atoms with Gasteiger partial charge >= 0.3 is 0 Å². The van der Waals surface area contributed by atoms with E-state index in [1.165, 1.54) is 12.1 Å². The number of nitrogens with zero attached hydrogens (tertiary/aromatic N) is 1. The summed E-state index contributed by atoms with van der Waals surface area (Å²) in [5.41, 5.74) is 0.684. The van der Waals surface area contributed by atoms with Gasteiger partial charge in [0.05, 0.1) is 17.2 Å². The van der Waals surface area contributed by atoms with Crippen molar-refractivity contribution in [3.05, 3.63) is 74.8 Å². The van der Waals surface area contributed by atoms with Crippen molar-refractivity contribution in [3.63, 3.8) is 0 Å². The maximum atomic E-state index is 14.1. The molecule has 10 heteroatoms. The van der Waals surface area contributed by atoms with Crippen molar-refractivity contribution in [2.45, 2.75) is 19.3 Å². The first kappa shape index (κ1) is 20.5. The molecular formula is C21H17ClFN5O3. The molecule has 1 aliphatic rings. The molecule has 1 atom stereocenters. The van der Waals surface area contributed by atoms with Crippen molar-refractivity contribution in [2.75, 3.05) is 16.0 Å². The lowest BCUT2D eigenvalue weighted by atomic mass is 9.92. The van der Waals surface area contributed by atoms with Crippen LogP contribution in [-0.4, -0.2) is 21.8 Å². The fourth-order valence-electron chi connectivity index (χ4n) is 3.27. The summed E-state index contributed by atoms with van der Waals surface area (Å²) < 4.78 is 14.1. The van der Waals surface area contributed by atoms with Crippen molar-refractivity contribution in [1.82, 2.24) is 9.97 Å². The number of rotatable bonds is 4. The SMILES string of the molecule is Cc1ccc(NC(=O)[C@@H]2CC(=O)Nc3nc(Nc4ccc(Cl)cc4)[nH]c(=O)c32)c(F)c1. The van der Waals surface area contributed by atoms with Gasteiger partial charge in [0.2, 0.25) is 17.8 Å². The van der Waals surface area contributed by atoms with Gasteiger partial charge in [0.15, 0.2) is 0 Å². The molecule has 4 rings (SSSR count). The van der Waals surface area contributed by atoms with Crippen LogP contribution in [0.15, 0.2) is 47.3 Å². The maximum absolute atomic E-state index is 14.1. The summed E-state index contributed by atoms with van der Waals surface area (Å²) in [6.45, 7) is 1.72. The molecular weight excluding hydrogens is 425 g/mol. The number of fused-ring (bicyclic) bond motifs is 1. The molecule has 2 aromatic carbocycles. The Hall–Kier alpha value is -3.72. The summed E-state index contributed by atoms with van der Waals surface area (Å²) in [7, 11) is 0. The van der Waals surface area contributed by atoms with Gasteiger partial charge in [-0.15, -0.1) is 0 Å². The molecule has 0 spiro atoms. The minimum absolute atomic E-state index is 0.00581. The summed E-state index contributed by atoms with van der Waals surface area (Å²) in [6, 6.07) is 11.0. The number of carbonyl (C=O) groups excluding carboxylic acids is 2. The Morgan fingerprint density at radius 3 is 2.65 bits per heavy atom. The monoisotopic (exact) mass is 441 g/mol. The zero-order valence-electron chi connectivity index (χ0n) is 16.3. The number of halogens is 2. The summed E-state index contributed by atoms with van der Waals surface area (Å²) in [5.74, 6) is -2.83. The molecule has 1 aliphatic heterocycles. The standard InChI is InChI=1S/C21H17ClFN5O3/c1-10-2-7-15(14(23)8-10)25-19(30)13-9-16(29)26-18-17(13)20(31)28-21(27-18)24-12-5-3-11(22)4-6-12/h2-8,13H,9H2,1H3,(H,25,30)(H3,24,26,27,28,29,31)/t13-/m1/s1. The van der Waals surface area contributed by atoms with Crippen molar-refractivity contribution >= 4 is 46.6 Å². The summed E-state index contributed by atoms with van der Waals surface area (Å²) in [5, 5.41) is 8.42. The van der Waals surface area contributed by atoms with Gasteiger partial charge in [-0.1, -0.05) is 17.7 Å². The Bertz CT molecular complexity index is 1240. The van der Waals surface area contributed by atoms with Crippen LogP contribution in [-0.2, 0) is 9.59 Å². The highest BCUT2D eigenvalue weighted by Gasteiger charge is 2.35. The van der Waals surface area contributed by atoms with Crippen LogP contribution in [0.2, 0.25) is 5.02 Å². The molecule has 0 aliphatic carbocycles. The van der Waals surface area contributed by atoms with E-state index in [0.717, 1.165) is 0 Å². The molecule has 4 N–H and O–H groups in total. The lowest BCUT2D eigenvalue weighted by Crippen LogP contribution is -2.36. The van der Waals surface area contributed by atoms with Gasteiger partial charge in [-0.2, -0.15) is 4.98 Å². The van der Waals surface area contributed by atoms with Gasteiger partial charge in [-0.05, 0) is 48.9 Å². The zero-order chi connectivity index (χ0) is 22.1. The highest BCUT2D eigenvalue weighted by atomic mass is 35.5. The average molecular weight is 442 g/mol. The van der Waals surface area contributed by atoms with Crippen LogP contribution in [0, 0.1) is 12.7 Å². The number of anilines is 4. The first-order valence-electron chi connectivity index (χ1n) is 9.34. The van der Waals surface area contributed by atoms with E-state index in [1.807, 2.05) is 0 Å². The van der Waals surface area contributed by atoms with E-state index in [9.17, 15) is 18.8 Å². The van der Waals surface area contributed by atoms with Gasteiger partial charge in [0, 0.05) is 17.1 Å². The summed E-state index contributed by atoms with van der Waals surface area (Å²) in [6.07, 6.45) is -0.263. The van der Waals surface area contributed by atoms with Gasteiger partial charge in [-0.25, -0.2) is 4.39 Å². The van der Waals surface area contributed by atoms with Crippen LogP contribution in [0.3, 0.4) is 0 Å². The minimum atomic E-state index is -1.12. The smallest absolute Gasteiger partial charge is 0.258 e. The number of nitrogens with one attached hydrogen (secondary N) is 4. The Kier molecular flexibility index (Phi) is 5.43. The van der Waals surface area contributed by atoms with E-state index < -0.39 is 29.1 Å². The molecule has 2 amide bonds. The molecule has 1 aromatic heterocycles. The molecule has 0 saturated heterocycles. The topological polar surface area (TPSA) is 116 Å². The van der Waals surface area contributed by atoms with Crippen LogP contribution in [0.5, 0.6) is 0 Å². The molecule has 8 nitrogen and oxygen atoms in total. The first-order chi connectivity index (χ1) is 14.8. The highest BCUT2D eigenvalue weighted by Crippen LogP contribution is 2.30. The number of aromatic amines is 1. The zero-order valence-corrected chi connectivity index (χ0v) is 17.0. The fourth-order valence-corrected chi connectivity index (χ4v) is 3.39. The van der Waals surface area contributed by atoms with Crippen LogP contribution in [0.25, 0.3) is 0 Å². The number of carbonyl (C=O) groups is 2. The minimum Gasteiger partial charge on any atom is -0.326 e. The van der Waals surface area contributed by atoms with Crippen LogP contribution in [0.1, 0.15) is 23.5 Å². The lowest BCUT2D eigenvalue weighted by Gasteiger charge is -2.23. The van der Waals surface area contributed by atoms with E-state index in [-0.39, 0.29) is 29.4 Å². The third-order valence-electron chi connectivity index (χ3n) is 4.76. The maximum Gasteiger partial charge on any atom is 0.258 e. The van der Waals surface area contributed by atoms with E-state index in [2.05, 4.69) is 25.9 Å². The molecule has 0 radical (unpaired) electrons. The molecule has 3 aromatic rings. The summed E-state index contributed by atoms with van der Waals surface area (Å²) >= 11 is 5.86. The molecule has 0 unspecified atom stereocenters. The van der Waals surface area contributed by atoms with Crippen molar-refractivity contribution in [3.8, 4) is 0 Å². The predicted molar refractivity (Wildman–Crippen MR) is 115 cm³/mol.